The third kappa shape index (κ3) is 2.70. The van der Waals surface area contributed by atoms with E-state index in [-0.39, 0.29) is 17.1 Å². The number of allylic oxidation sites excluding steroid dienone is 2. The van der Waals surface area contributed by atoms with Crippen molar-refractivity contribution in [3.05, 3.63) is 11.6 Å². The standard InChI is InChI=1S/C20H34O3/c1-7-14(2)15(21)13-16-18(5)10-8-9-17(3,4)20(18,23)12-11-19(16,6)22/h7,16,22-23H,8-13H2,1-6H3. The van der Waals surface area contributed by atoms with Crippen LogP contribution in [0.1, 0.15) is 80.1 Å². The number of carbonyl (C=O) groups is 1. The number of ketones is 1. The fraction of sp³-hybridized carbons (Fsp3) is 0.850. The van der Waals surface area contributed by atoms with Gasteiger partial charge in [0.2, 0.25) is 0 Å². The third-order valence-electron chi connectivity index (χ3n) is 7.34. The molecule has 2 aliphatic rings. The maximum absolute atomic E-state index is 12.6. The summed E-state index contributed by atoms with van der Waals surface area (Å²) < 4.78 is 0. The average molecular weight is 322 g/mol. The van der Waals surface area contributed by atoms with E-state index in [2.05, 4.69) is 20.8 Å². The second-order valence-electron chi connectivity index (χ2n) is 9.02. The molecule has 4 unspecified atom stereocenters. The number of hydrogen-bond donors (Lipinski definition) is 2. The van der Waals surface area contributed by atoms with E-state index in [1.54, 1.807) is 0 Å². The van der Waals surface area contributed by atoms with Crippen molar-refractivity contribution < 1.29 is 15.0 Å². The molecule has 0 bridgehead atoms. The van der Waals surface area contributed by atoms with Crippen LogP contribution in [0.5, 0.6) is 0 Å². The summed E-state index contributed by atoms with van der Waals surface area (Å²) in [4.78, 5) is 12.6. The lowest BCUT2D eigenvalue weighted by molar-refractivity contribution is -0.265. The molecule has 132 valence electrons. The highest BCUT2D eigenvalue weighted by Gasteiger charge is 2.66. The normalized spacial score (nSPS) is 43.8. The average Bonchev–Trinajstić information content (AvgIpc) is 2.45. The smallest absolute Gasteiger partial charge is 0.158 e. The fourth-order valence-electron chi connectivity index (χ4n) is 5.42. The predicted molar refractivity (Wildman–Crippen MR) is 93.1 cm³/mol. The van der Waals surface area contributed by atoms with Gasteiger partial charge in [0.05, 0.1) is 11.2 Å². The first-order chi connectivity index (χ1) is 10.4. The molecule has 0 saturated heterocycles. The van der Waals surface area contributed by atoms with E-state index in [1.165, 1.54) is 0 Å². The first kappa shape index (κ1) is 18.7. The van der Waals surface area contributed by atoms with E-state index in [4.69, 9.17) is 0 Å². The van der Waals surface area contributed by atoms with Gasteiger partial charge in [-0.05, 0) is 57.4 Å². The van der Waals surface area contributed by atoms with Gasteiger partial charge in [-0.3, -0.25) is 4.79 Å². The first-order valence-electron chi connectivity index (χ1n) is 9.02. The Balaban J connectivity index is 2.46. The molecule has 2 saturated carbocycles. The quantitative estimate of drug-likeness (QED) is 0.772. The minimum absolute atomic E-state index is 0.0895. The van der Waals surface area contributed by atoms with Gasteiger partial charge >= 0.3 is 0 Å². The molecule has 0 aromatic heterocycles. The maximum atomic E-state index is 12.6. The van der Waals surface area contributed by atoms with Crippen LogP contribution >= 0.6 is 0 Å². The zero-order chi connectivity index (χ0) is 17.7. The van der Waals surface area contributed by atoms with Crippen molar-refractivity contribution in [2.75, 3.05) is 0 Å². The van der Waals surface area contributed by atoms with Crippen LogP contribution < -0.4 is 0 Å². The SMILES string of the molecule is CC=C(C)C(=O)CC1C(C)(O)CCC2(O)C(C)(C)CCCC12C. The summed E-state index contributed by atoms with van der Waals surface area (Å²) in [5.74, 6) is -0.123. The van der Waals surface area contributed by atoms with Crippen molar-refractivity contribution in [3.63, 3.8) is 0 Å². The molecule has 4 atom stereocenters. The van der Waals surface area contributed by atoms with Crippen LogP contribution in [0.3, 0.4) is 0 Å². The Morgan fingerprint density at radius 3 is 2.26 bits per heavy atom. The lowest BCUT2D eigenvalue weighted by Gasteiger charge is -2.66. The molecule has 2 aliphatic carbocycles. The molecule has 0 radical (unpaired) electrons. The summed E-state index contributed by atoms with van der Waals surface area (Å²) in [6.45, 7) is 11.9. The van der Waals surface area contributed by atoms with E-state index >= 15 is 0 Å². The topological polar surface area (TPSA) is 57.5 Å². The summed E-state index contributed by atoms with van der Waals surface area (Å²) in [7, 11) is 0. The van der Waals surface area contributed by atoms with E-state index in [1.807, 2.05) is 26.8 Å². The van der Waals surface area contributed by atoms with E-state index in [0.29, 0.717) is 19.3 Å². The van der Waals surface area contributed by atoms with Crippen molar-refractivity contribution in [3.8, 4) is 0 Å². The summed E-state index contributed by atoms with van der Waals surface area (Å²) in [5.41, 5.74) is -1.60. The Labute approximate surface area is 141 Å². The van der Waals surface area contributed by atoms with Crippen molar-refractivity contribution in [1.82, 2.24) is 0 Å². The van der Waals surface area contributed by atoms with Crippen LogP contribution in [0, 0.1) is 16.7 Å². The maximum Gasteiger partial charge on any atom is 0.158 e. The molecule has 2 rings (SSSR count). The predicted octanol–water partition coefficient (Wildman–Crippen LogP) is 4.02. The molecule has 3 nitrogen and oxygen atoms in total. The molecule has 0 aromatic carbocycles. The molecule has 0 spiro atoms. The molecule has 2 N–H and O–H groups in total. The number of fused-ring (bicyclic) bond motifs is 1. The largest absolute Gasteiger partial charge is 0.390 e. The molecule has 0 aromatic rings. The molecular formula is C20H34O3. The molecule has 0 amide bonds. The Morgan fingerprint density at radius 2 is 1.70 bits per heavy atom. The lowest BCUT2D eigenvalue weighted by atomic mass is 9.42. The Bertz CT molecular complexity index is 517. The Hall–Kier alpha value is -0.670. The highest BCUT2D eigenvalue weighted by Crippen LogP contribution is 2.65. The number of hydrogen-bond acceptors (Lipinski definition) is 3. The van der Waals surface area contributed by atoms with E-state index in [0.717, 1.165) is 24.8 Å². The second kappa shape index (κ2) is 5.70. The van der Waals surface area contributed by atoms with Crippen molar-refractivity contribution >= 4 is 5.78 Å². The summed E-state index contributed by atoms with van der Waals surface area (Å²) in [6.07, 6.45) is 6.21. The van der Waals surface area contributed by atoms with Crippen LogP contribution in [0.15, 0.2) is 11.6 Å². The molecule has 23 heavy (non-hydrogen) atoms. The van der Waals surface area contributed by atoms with Gasteiger partial charge in [-0.1, -0.05) is 33.3 Å². The van der Waals surface area contributed by atoms with E-state index in [9.17, 15) is 15.0 Å². The van der Waals surface area contributed by atoms with Crippen LogP contribution in [0.4, 0.5) is 0 Å². The third-order valence-corrected chi connectivity index (χ3v) is 7.34. The second-order valence-corrected chi connectivity index (χ2v) is 9.02. The zero-order valence-electron chi connectivity index (χ0n) is 15.7. The minimum atomic E-state index is -0.905. The number of rotatable bonds is 3. The van der Waals surface area contributed by atoms with Gasteiger partial charge in [-0.2, -0.15) is 0 Å². The number of aliphatic hydroxyl groups is 2. The minimum Gasteiger partial charge on any atom is -0.390 e. The molecule has 3 heteroatoms. The van der Waals surface area contributed by atoms with Crippen LogP contribution in [0.2, 0.25) is 0 Å². The Kier molecular flexibility index (Phi) is 4.63. The van der Waals surface area contributed by atoms with E-state index < -0.39 is 16.6 Å². The highest BCUT2D eigenvalue weighted by molar-refractivity contribution is 5.94. The van der Waals surface area contributed by atoms with Gasteiger partial charge in [0.1, 0.15) is 0 Å². The van der Waals surface area contributed by atoms with Crippen LogP contribution in [0.25, 0.3) is 0 Å². The number of carbonyl (C=O) groups excluding carboxylic acids is 1. The zero-order valence-corrected chi connectivity index (χ0v) is 15.7. The lowest BCUT2D eigenvalue weighted by Crippen LogP contribution is -2.68. The van der Waals surface area contributed by atoms with Crippen LogP contribution in [-0.4, -0.2) is 27.2 Å². The summed E-state index contributed by atoms with van der Waals surface area (Å²) >= 11 is 0. The Morgan fingerprint density at radius 1 is 1.09 bits per heavy atom. The molecular weight excluding hydrogens is 288 g/mol. The van der Waals surface area contributed by atoms with Gasteiger partial charge < -0.3 is 10.2 Å². The summed E-state index contributed by atoms with van der Waals surface area (Å²) in [6, 6.07) is 0. The van der Waals surface area contributed by atoms with Gasteiger partial charge in [0, 0.05) is 17.8 Å². The van der Waals surface area contributed by atoms with Crippen molar-refractivity contribution in [1.29, 1.82) is 0 Å². The molecule has 2 fully saturated rings. The number of Topliss-reactive ketones (excluding diaryl/α,β-unsaturated/α-hetero) is 1. The fourth-order valence-corrected chi connectivity index (χ4v) is 5.42. The van der Waals surface area contributed by atoms with Gasteiger partial charge in [-0.25, -0.2) is 0 Å². The van der Waals surface area contributed by atoms with Gasteiger partial charge in [0.15, 0.2) is 5.78 Å². The summed E-state index contributed by atoms with van der Waals surface area (Å²) in [5, 5.41) is 22.7. The monoisotopic (exact) mass is 322 g/mol. The molecule has 0 heterocycles. The van der Waals surface area contributed by atoms with Gasteiger partial charge in [0.25, 0.3) is 0 Å². The van der Waals surface area contributed by atoms with Crippen molar-refractivity contribution in [2.45, 2.75) is 91.3 Å². The molecule has 0 aliphatic heterocycles. The van der Waals surface area contributed by atoms with Gasteiger partial charge in [-0.15, -0.1) is 0 Å². The highest BCUT2D eigenvalue weighted by atomic mass is 16.3. The first-order valence-corrected chi connectivity index (χ1v) is 9.02. The van der Waals surface area contributed by atoms with Crippen molar-refractivity contribution in [2.24, 2.45) is 16.7 Å². The van der Waals surface area contributed by atoms with Crippen LogP contribution in [-0.2, 0) is 4.79 Å².